The molecule has 0 spiro atoms. The predicted molar refractivity (Wildman–Crippen MR) is 109 cm³/mol. The number of Topliss-reactive ketones (excluding diaryl/α,β-unsaturated/α-hetero) is 1. The Bertz CT molecular complexity index is 790. The third-order valence-electron chi connectivity index (χ3n) is 6.68. The zero-order chi connectivity index (χ0) is 20.6. The Kier molecular flexibility index (Phi) is 5.53. The van der Waals surface area contributed by atoms with Gasteiger partial charge in [0.1, 0.15) is 24.5 Å². The van der Waals surface area contributed by atoms with Gasteiger partial charge in [0.2, 0.25) is 0 Å². The standard InChI is InChI=1S/C22H31N3O4/c1-15-4-5-18-16(14-15)22(2)7-6-17(26)19(20(22)29-18)23-21(27)28-13-12-25-10-8-24(3)9-11-25/h4-5,14,19-20H,6-13H2,1-3H3,(H,23,27)/t19-,20-,22-/m0/s1. The van der Waals surface area contributed by atoms with Crippen LogP contribution < -0.4 is 10.1 Å². The lowest BCUT2D eigenvalue weighted by Crippen LogP contribution is -2.59. The number of rotatable bonds is 4. The van der Waals surface area contributed by atoms with Crippen LogP contribution in [-0.4, -0.2) is 80.2 Å². The van der Waals surface area contributed by atoms with Crippen LogP contribution in [0.2, 0.25) is 0 Å². The van der Waals surface area contributed by atoms with Crippen LogP contribution in [0.15, 0.2) is 18.2 Å². The van der Waals surface area contributed by atoms with Gasteiger partial charge in [0.25, 0.3) is 0 Å². The topological polar surface area (TPSA) is 71.1 Å². The molecule has 2 fully saturated rings. The molecule has 3 aliphatic rings. The Morgan fingerprint density at radius 3 is 2.83 bits per heavy atom. The highest BCUT2D eigenvalue weighted by molar-refractivity contribution is 5.90. The van der Waals surface area contributed by atoms with Crippen LogP contribution in [0.3, 0.4) is 0 Å². The molecule has 2 heterocycles. The van der Waals surface area contributed by atoms with E-state index in [2.05, 4.69) is 42.1 Å². The molecule has 158 valence electrons. The molecule has 1 aliphatic carbocycles. The van der Waals surface area contributed by atoms with Crippen molar-refractivity contribution in [3.05, 3.63) is 29.3 Å². The Hall–Kier alpha value is -2.12. The summed E-state index contributed by atoms with van der Waals surface area (Å²) >= 11 is 0. The van der Waals surface area contributed by atoms with E-state index in [0.717, 1.165) is 43.9 Å². The molecule has 0 aromatic heterocycles. The number of likely N-dealkylation sites (N-methyl/N-ethyl adjacent to an activating group) is 1. The highest BCUT2D eigenvalue weighted by Crippen LogP contribution is 2.49. The van der Waals surface area contributed by atoms with Gasteiger partial charge >= 0.3 is 6.09 Å². The normalized spacial score (nSPS) is 29.7. The molecule has 3 atom stereocenters. The van der Waals surface area contributed by atoms with E-state index in [9.17, 15) is 9.59 Å². The van der Waals surface area contributed by atoms with Gasteiger partial charge in [-0.15, -0.1) is 0 Å². The van der Waals surface area contributed by atoms with Crippen LogP contribution in [0.25, 0.3) is 0 Å². The molecule has 0 unspecified atom stereocenters. The number of benzene rings is 1. The summed E-state index contributed by atoms with van der Waals surface area (Å²) in [5, 5.41) is 2.80. The third kappa shape index (κ3) is 3.98. The SMILES string of the molecule is Cc1ccc2c(c1)[C@]1(C)CCC(=O)[C@H](NC(=O)OCCN3CCN(C)CC3)[C@@H]1O2. The summed E-state index contributed by atoms with van der Waals surface area (Å²) in [6.07, 6.45) is 0.211. The van der Waals surface area contributed by atoms with Gasteiger partial charge in [0.15, 0.2) is 5.78 Å². The number of hydrogen-bond donors (Lipinski definition) is 1. The van der Waals surface area contributed by atoms with Crippen LogP contribution in [0.1, 0.15) is 30.9 Å². The first-order valence-corrected chi connectivity index (χ1v) is 10.5. The van der Waals surface area contributed by atoms with E-state index >= 15 is 0 Å². The first kappa shape index (κ1) is 20.2. The monoisotopic (exact) mass is 401 g/mol. The predicted octanol–water partition coefficient (Wildman–Crippen LogP) is 1.72. The fourth-order valence-corrected chi connectivity index (χ4v) is 4.70. The number of hydrogen-bond acceptors (Lipinski definition) is 6. The van der Waals surface area contributed by atoms with E-state index in [4.69, 9.17) is 9.47 Å². The van der Waals surface area contributed by atoms with Gasteiger partial charge < -0.3 is 19.7 Å². The minimum absolute atomic E-state index is 0.00743. The highest BCUT2D eigenvalue weighted by atomic mass is 16.5. The highest BCUT2D eigenvalue weighted by Gasteiger charge is 2.54. The third-order valence-corrected chi connectivity index (χ3v) is 6.68. The Morgan fingerprint density at radius 1 is 1.31 bits per heavy atom. The average molecular weight is 402 g/mol. The van der Waals surface area contributed by atoms with E-state index in [0.29, 0.717) is 19.6 Å². The lowest BCUT2D eigenvalue weighted by atomic mass is 9.67. The molecule has 4 rings (SSSR count). The molecular formula is C22H31N3O4. The molecule has 2 aliphatic heterocycles. The van der Waals surface area contributed by atoms with Gasteiger partial charge in [-0.1, -0.05) is 24.6 Å². The van der Waals surface area contributed by atoms with Crippen LogP contribution in [0.5, 0.6) is 5.75 Å². The number of nitrogens with zero attached hydrogens (tertiary/aromatic N) is 2. The number of nitrogens with one attached hydrogen (secondary N) is 1. The van der Waals surface area contributed by atoms with Crippen molar-refractivity contribution in [3.8, 4) is 5.75 Å². The van der Waals surface area contributed by atoms with E-state index in [-0.39, 0.29) is 11.2 Å². The second kappa shape index (κ2) is 7.95. The smallest absolute Gasteiger partial charge is 0.407 e. The first-order chi connectivity index (χ1) is 13.9. The molecule has 1 amide bonds. The Labute approximate surface area is 172 Å². The zero-order valence-electron chi connectivity index (χ0n) is 17.6. The lowest BCUT2D eigenvalue weighted by molar-refractivity contribution is -0.127. The molecular weight excluding hydrogens is 370 g/mol. The average Bonchev–Trinajstić information content (AvgIpc) is 2.99. The molecule has 7 heteroatoms. The minimum atomic E-state index is -0.683. The number of ether oxygens (including phenoxy) is 2. The van der Waals surface area contributed by atoms with Gasteiger partial charge in [0, 0.05) is 50.1 Å². The Morgan fingerprint density at radius 2 is 2.07 bits per heavy atom. The molecule has 0 bridgehead atoms. The maximum atomic E-state index is 12.6. The zero-order valence-corrected chi connectivity index (χ0v) is 17.6. The molecule has 0 radical (unpaired) electrons. The fourth-order valence-electron chi connectivity index (χ4n) is 4.70. The van der Waals surface area contributed by atoms with E-state index in [1.54, 1.807) is 0 Å². The first-order valence-electron chi connectivity index (χ1n) is 10.5. The summed E-state index contributed by atoms with van der Waals surface area (Å²) in [5.41, 5.74) is 2.01. The number of fused-ring (bicyclic) bond motifs is 3. The van der Waals surface area contributed by atoms with Crippen molar-refractivity contribution in [3.63, 3.8) is 0 Å². The Balaban J connectivity index is 1.35. The second-order valence-electron chi connectivity index (χ2n) is 8.82. The van der Waals surface area contributed by atoms with Gasteiger partial charge in [-0.3, -0.25) is 9.69 Å². The van der Waals surface area contributed by atoms with Crippen molar-refractivity contribution in [1.82, 2.24) is 15.1 Å². The molecule has 7 nitrogen and oxygen atoms in total. The van der Waals surface area contributed by atoms with Gasteiger partial charge in [-0.05, 0) is 26.5 Å². The number of carbonyl (C=O) groups excluding carboxylic acids is 2. The summed E-state index contributed by atoms with van der Waals surface area (Å²) in [6.45, 7) is 9.23. The van der Waals surface area contributed by atoms with Gasteiger partial charge in [-0.25, -0.2) is 4.79 Å². The lowest BCUT2D eigenvalue weighted by Gasteiger charge is -2.39. The number of alkyl carbamates (subject to hydrolysis) is 1. The number of carbonyl (C=O) groups is 2. The van der Waals surface area contributed by atoms with E-state index in [1.165, 1.54) is 5.56 Å². The van der Waals surface area contributed by atoms with E-state index in [1.807, 2.05) is 12.1 Å². The number of aryl methyl sites for hydroxylation is 1. The fraction of sp³-hybridized carbons (Fsp3) is 0.636. The molecule has 1 aromatic carbocycles. The van der Waals surface area contributed by atoms with Crippen molar-refractivity contribution in [2.24, 2.45) is 0 Å². The van der Waals surface area contributed by atoms with Crippen molar-refractivity contribution in [2.75, 3.05) is 46.4 Å². The molecule has 1 aromatic rings. The van der Waals surface area contributed by atoms with Crippen molar-refractivity contribution in [2.45, 2.75) is 44.2 Å². The summed E-state index contributed by atoms with van der Waals surface area (Å²) in [5.74, 6) is 0.820. The van der Waals surface area contributed by atoms with Crippen molar-refractivity contribution in [1.29, 1.82) is 0 Å². The van der Waals surface area contributed by atoms with Crippen LogP contribution in [-0.2, 0) is 14.9 Å². The minimum Gasteiger partial charge on any atom is -0.487 e. The number of amides is 1. The summed E-state index contributed by atoms with van der Waals surface area (Å²) in [6, 6.07) is 5.43. The molecule has 29 heavy (non-hydrogen) atoms. The maximum absolute atomic E-state index is 12.6. The van der Waals surface area contributed by atoms with Crippen LogP contribution in [0, 0.1) is 6.92 Å². The number of ketones is 1. The van der Waals surface area contributed by atoms with Crippen LogP contribution in [0.4, 0.5) is 4.79 Å². The van der Waals surface area contributed by atoms with E-state index < -0.39 is 18.2 Å². The largest absolute Gasteiger partial charge is 0.487 e. The van der Waals surface area contributed by atoms with Crippen molar-refractivity contribution < 1.29 is 19.1 Å². The second-order valence-corrected chi connectivity index (χ2v) is 8.82. The molecule has 1 saturated heterocycles. The molecule has 1 saturated carbocycles. The maximum Gasteiger partial charge on any atom is 0.407 e. The van der Waals surface area contributed by atoms with Crippen LogP contribution >= 0.6 is 0 Å². The summed E-state index contributed by atoms with van der Waals surface area (Å²) in [4.78, 5) is 29.6. The molecule has 1 N–H and O–H groups in total. The van der Waals surface area contributed by atoms with Gasteiger partial charge in [0.05, 0.1) is 0 Å². The van der Waals surface area contributed by atoms with Crippen molar-refractivity contribution >= 4 is 11.9 Å². The number of piperazine rings is 1. The quantitative estimate of drug-likeness (QED) is 0.828. The summed E-state index contributed by atoms with van der Waals surface area (Å²) < 4.78 is 11.5. The van der Waals surface area contributed by atoms with Gasteiger partial charge in [-0.2, -0.15) is 0 Å². The summed E-state index contributed by atoms with van der Waals surface area (Å²) in [7, 11) is 2.11.